The predicted molar refractivity (Wildman–Crippen MR) is 84.0 cm³/mol. The minimum Gasteiger partial charge on any atom is -0.379 e. The van der Waals surface area contributed by atoms with E-state index in [1.807, 2.05) is 0 Å². The van der Waals surface area contributed by atoms with Crippen molar-refractivity contribution in [1.82, 2.24) is 10.2 Å². The quantitative estimate of drug-likeness (QED) is 0.717. The van der Waals surface area contributed by atoms with E-state index in [-0.39, 0.29) is 11.8 Å². The molecular formula is C16H31N3O2. The van der Waals surface area contributed by atoms with Gasteiger partial charge in [0, 0.05) is 31.6 Å². The van der Waals surface area contributed by atoms with Gasteiger partial charge in [-0.15, -0.1) is 0 Å². The third-order valence-corrected chi connectivity index (χ3v) is 4.93. The number of hydrogen-bond donors (Lipinski definition) is 2. The van der Waals surface area contributed by atoms with Crippen LogP contribution in [0.15, 0.2) is 0 Å². The molecule has 122 valence electrons. The van der Waals surface area contributed by atoms with Gasteiger partial charge in [0.25, 0.3) is 0 Å². The Labute approximate surface area is 128 Å². The number of nitrogens with zero attached hydrogens (tertiary/aromatic N) is 1. The SMILES string of the molecule is CC(C(=O)NCCCN1CCOCC1)C1CCCC(N)C1. The first-order valence-corrected chi connectivity index (χ1v) is 8.50. The summed E-state index contributed by atoms with van der Waals surface area (Å²) >= 11 is 0. The van der Waals surface area contributed by atoms with Crippen LogP contribution in [-0.4, -0.2) is 56.2 Å². The van der Waals surface area contributed by atoms with Crippen LogP contribution in [0.3, 0.4) is 0 Å². The Bertz CT molecular complexity index is 319. The number of carbonyl (C=O) groups is 1. The van der Waals surface area contributed by atoms with Gasteiger partial charge in [-0.3, -0.25) is 9.69 Å². The molecule has 3 N–H and O–H groups in total. The lowest BCUT2D eigenvalue weighted by Crippen LogP contribution is -2.40. The highest BCUT2D eigenvalue weighted by molar-refractivity contribution is 5.78. The summed E-state index contributed by atoms with van der Waals surface area (Å²) in [6, 6.07) is 0.292. The second kappa shape index (κ2) is 8.71. The summed E-state index contributed by atoms with van der Waals surface area (Å²) in [7, 11) is 0. The fourth-order valence-electron chi connectivity index (χ4n) is 3.44. The molecule has 0 bridgehead atoms. The van der Waals surface area contributed by atoms with E-state index in [2.05, 4.69) is 17.1 Å². The van der Waals surface area contributed by atoms with E-state index in [0.717, 1.165) is 65.1 Å². The average molecular weight is 297 g/mol. The number of rotatable bonds is 6. The van der Waals surface area contributed by atoms with Crippen LogP contribution in [0.1, 0.15) is 39.0 Å². The van der Waals surface area contributed by atoms with E-state index in [9.17, 15) is 4.79 Å². The van der Waals surface area contributed by atoms with Gasteiger partial charge in [-0.05, 0) is 38.1 Å². The zero-order valence-electron chi connectivity index (χ0n) is 13.4. The molecule has 1 aliphatic heterocycles. The fraction of sp³-hybridized carbons (Fsp3) is 0.938. The van der Waals surface area contributed by atoms with Gasteiger partial charge in [0.05, 0.1) is 13.2 Å². The zero-order chi connectivity index (χ0) is 15.1. The number of hydrogen-bond acceptors (Lipinski definition) is 4. The van der Waals surface area contributed by atoms with Gasteiger partial charge < -0.3 is 15.8 Å². The van der Waals surface area contributed by atoms with Gasteiger partial charge in [0.15, 0.2) is 0 Å². The van der Waals surface area contributed by atoms with E-state index in [1.165, 1.54) is 6.42 Å². The van der Waals surface area contributed by atoms with Gasteiger partial charge in [0.1, 0.15) is 0 Å². The highest BCUT2D eigenvalue weighted by Gasteiger charge is 2.28. The molecule has 2 rings (SSSR count). The largest absolute Gasteiger partial charge is 0.379 e. The van der Waals surface area contributed by atoms with Gasteiger partial charge >= 0.3 is 0 Å². The molecule has 1 saturated heterocycles. The molecule has 3 atom stereocenters. The van der Waals surface area contributed by atoms with Crippen LogP contribution < -0.4 is 11.1 Å². The molecule has 3 unspecified atom stereocenters. The molecule has 1 saturated carbocycles. The van der Waals surface area contributed by atoms with Gasteiger partial charge in [-0.1, -0.05) is 13.3 Å². The topological polar surface area (TPSA) is 67.6 Å². The molecule has 0 aromatic heterocycles. The first kappa shape index (κ1) is 16.7. The molecule has 21 heavy (non-hydrogen) atoms. The summed E-state index contributed by atoms with van der Waals surface area (Å²) in [6.07, 6.45) is 5.45. The second-order valence-electron chi connectivity index (χ2n) is 6.57. The summed E-state index contributed by atoms with van der Waals surface area (Å²) in [5, 5.41) is 3.10. The fourth-order valence-corrected chi connectivity index (χ4v) is 3.44. The zero-order valence-corrected chi connectivity index (χ0v) is 13.4. The summed E-state index contributed by atoms with van der Waals surface area (Å²) in [5.74, 6) is 0.767. The summed E-state index contributed by atoms with van der Waals surface area (Å²) in [6.45, 7) is 7.59. The Kier molecular flexibility index (Phi) is 6.93. The van der Waals surface area contributed by atoms with Crippen molar-refractivity contribution in [2.75, 3.05) is 39.4 Å². The normalized spacial score (nSPS) is 29.0. The van der Waals surface area contributed by atoms with E-state index in [4.69, 9.17) is 10.5 Å². The summed E-state index contributed by atoms with van der Waals surface area (Å²) < 4.78 is 5.33. The average Bonchev–Trinajstić information content (AvgIpc) is 2.51. The Balaban J connectivity index is 1.59. The molecule has 0 radical (unpaired) electrons. The van der Waals surface area contributed by atoms with E-state index < -0.39 is 0 Å². The highest BCUT2D eigenvalue weighted by atomic mass is 16.5. The van der Waals surface area contributed by atoms with Crippen molar-refractivity contribution in [3.8, 4) is 0 Å². The third kappa shape index (κ3) is 5.57. The Morgan fingerprint density at radius 3 is 2.86 bits per heavy atom. The number of morpholine rings is 1. The van der Waals surface area contributed by atoms with Crippen LogP contribution in [0.25, 0.3) is 0 Å². The third-order valence-electron chi connectivity index (χ3n) is 4.93. The monoisotopic (exact) mass is 297 g/mol. The molecular weight excluding hydrogens is 266 g/mol. The predicted octanol–water partition coefficient (Wildman–Crippen LogP) is 0.979. The van der Waals surface area contributed by atoms with Crippen molar-refractivity contribution in [1.29, 1.82) is 0 Å². The molecule has 1 heterocycles. The van der Waals surface area contributed by atoms with Crippen molar-refractivity contribution in [2.45, 2.75) is 45.1 Å². The highest BCUT2D eigenvalue weighted by Crippen LogP contribution is 2.29. The standard InChI is InChI=1S/C16H31N3O2/c1-13(14-4-2-5-15(17)12-14)16(20)18-6-3-7-19-8-10-21-11-9-19/h13-15H,2-12,17H2,1H3,(H,18,20). The minimum absolute atomic E-state index is 0.0970. The van der Waals surface area contributed by atoms with E-state index in [0.29, 0.717) is 12.0 Å². The molecule has 5 nitrogen and oxygen atoms in total. The number of nitrogens with two attached hydrogens (primary N) is 1. The summed E-state index contributed by atoms with van der Waals surface area (Å²) in [4.78, 5) is 14.6. The van der Waals surface area contributed by atoms with Gasteiger partial charge in [-0.2, -0.15) is 0 Å². The Hall–Kier alpha value is -0.650. The lowest BCUT2D eigenvalue weighted by Gasteiger charge is -2.30. The minimum atomic E-state index is 0.0970. The van der Waals surface area contributed by atoms with E-state index in [1.54, 1.807) is 0 Å². The van der Waals surface area contributed by atoms with Crippen molar-refractivity contribution in [3.05, 3.63) is 0 Å². The van der Waals surface area contributed by atoms with E-state index >= 15 is 0 Å². The first-order valence-electron chi connectivity index (χ1n) is 8.50. The molecule has 0 spiro atoms. The van der Waals surface area contributed by atoms with Crippen LogP contribution in [0.4, 0.5) is 0 Å². The maximum absolute atomic E-state index is 12.2. The van der Waals surface area contributed by atoms with Crippen molar-refractivity contribution in [2.24, 2.45) is 17.6 Å². The van der Waals surface area contributed by atoms with Crippen LogP contribution in [0.5, 0.6) is 0 Å². The molecule has 2 aliphatic rings. The van der Waals surface area contributed by atoms with Crippen LogP contribution >= 0.6 is 0 Å². The molecule has 0 aromatic rings. The smallest absolute Gasteiger partial charge is 0.223 e. The van der Waals surface area contributed by atoms with Gasteiger partial charge in [-0.25, -0.2) is 0 Å². The molecule has 2 fully saturated rings. The van der Waals surface area contributed by atoms with Crippen LogP contribution in [0, 0.1) is 11.8 Å². The molecule has 1 amide bonds. The molecule has 0 aromatic carbocycles. The lowest BCUT2D eigenvalue weighted by atomic mass is 9.78. The summed E-state index contributed by atoms with van der Waals surface area (Å²) in [5.41, 5.74) is 6.02. The van der Waals surface area contributed by atoms with Gasteiger partial charge in [0.2, 0.25) is 5.91 Å². The maximum Gasteiger partial charge on any atom is 0.223 e. The first-order chi connectivity index (χ1) is 10.2. The van der Waals surface area contributed by atoms with Crippen molar-refractivity contribution >= 4 is 5.91 Å². The molecule has 5 heteroatoms. The van der Waals surface area contributed by atoms with Crippen LogP contribution in [-0.2, 0) is 9.53 Å². The number of amides is 1. The number of carbonyl (C=O) groups excluding carboxylic acids is 1. The molecule has 1 aliphatic carbocycles. The van der Waals surface area contributed by atoms with Crippen molar-refractivity contribution in [3.63, 3.8) is 0 Å². The van der Waals surface area contributed by atoms with Crippen LogP contribution in [0.2, 0.25) is 0 Å². The maximum atomic E-state index is 12.2. The lowest BCUT2D eigenvalue weighted by molar-refractivity contribution is -0.126. The Morgan fingerprint density at radius 2 is 2.14 bits per heavy atom. The number of nitrogens with one attached hydrogen (secondary N) is 1. The van der Waals surface area contributed by atoms with Crippen molar-refractivity contribution < 1.29 is 9.53 Å². The second-order valence-corrected chi connectivity index (χ2v) is 6.57. The number of ether oxygens (including phenoxy) is 1. The Morgan fingerprint density at radius 1 is 1.38 bits per heavy atom.